The van der Waals surface area contributed by atoms with Crippen LogP contribution in [-0.2, 0) is 11.2 Å². The predicted octanol–water partition coefficient (Wildman–Crippen LogP) is 2.23. The first-order chi connectivity index (χ1) is 11.8. The van der Waals surface area contributed by atoms with Gasteiger partial charge in [0.2, 0.25) is 5.13 Å². The van der Waals surface area contributed by atoms with Gasteiger partial charge in [0.15, 0.2) is 5.96 Å². The molecule has 0 amide bonds. The van der Waals surface area contributed by atoms with E-state index in [1.807, 2.05) is 7.05 Å². The molecule has 25 heavy (non-hydrogen) atoms. The quantitative estimate of drug-likeness (QED) is 0.266. The zero-order valence-electron chi connectivity index (χ0n) is 15.5. The van der Waals surface area contributed by atoms with Crippen LogP contribution in [0.2, 0.25) is 0 Å². The standard InChI is InChI=1S/C16H30N6OS.HI/c1-4-14-19-16(24-20-14)22-11-9-21(10-12-22)15(17-2)18-8-6-5-7-13-23-3;/h4-13H2,1-3H3,(H,17,18);1H. The average molecular weight is 482 g/mol. The van der Waals surface area contributed by atoms with Crippen LogP contribution in [0.25, 0.3) is 0 Å². The zero-order valence-corrected chi connectivity index (χ0v) is 18.7. The summed E-state index contributed by atoms with van der Waals surface area (Å²) in [5.41, 5.74) is 0. The van der Waals surface area contributed by atoms with Gasteiger partial charge in [-0.2, -0.15) is 4.37 Å². The molecule has 2 rings (SSSR count). The van der Waals surface area contributed by atoms with Crippen molar-refractivity contribution in [3.8, 4) is 0 Å². The third-order valence-electron chi connectivity index (χ3n) is 4.14. The lowest BCUT2D eigenvalue weighted by molar-refractivity contribution is 0.192. The van der Waals surface area contributed by atoms with Gasteiger partial charge in [0, 0.05) is 71.4 Å². The number of ether oxygens (including phenoxy) is 1. The number of aryl methyl sites for hydroxylation is 1. The summed E-state index contributed by atoms with van der Waals surface area (Å²) >= 11 is 1.51. The highest BCUT2D eigenvalue weighted by atomic mass is 127. The van der Waals surface area contributed by atoms with Gasteiger partial charge in [-0.25, -0.2) is 4.98 Å². The van der Waals surface area contributed by atoms with E-state index in [0.717, 1.165) is 75.5 Å². The molecule has 9 heteroatoms. The largest absolute Gasteiger partial charge is 0.385 e. The van der Waals surface area contributed by atoms with E-state index in [2.05, 4.69) is 36.4 Å². The average Bonchev–Trinajstić information content (AvgIpc) is 3.11. The number of rotatable bonds is 8. The van der Waals surface area contributed by atoms with Gasteiger partial charge in [0.25, 0.3) is 0 Å². The first-order valence-corrected chi connectivity index (χ1v) is 9.57. The van der Waals surface area contributed by atoms with E-state index >= 15 is 0 Å². The van der Waals surface area contributed by atoms with Crippen molar-refractivity contribution in [1.29, 1.82) is 0 Å². The Morgan fingerprint density at radius 3 is 2.60 bits per heavy atom. The van der Waals surface area contributed by atoms with Crippen molar-refractivity contribution in [1.82, 2.24) is 19.6 Å². The molecule has 1 aromatic rings. The summed E-state index contributed by atoms with van der Waals surface area (Å²) < 4.78 is 9.46. The SMILES string of the molecule is CCc1nsc(N2CCN(C(=NC)NCCCCCOC)CC2)n1.I. The summed E-state index contributed by atoms with van der Waals surface area (Å²) in [6, 6.07) is 0. The number of nitrogens with zero attached hydrogens (tertiary/aromatic N) is 5. The Labute approximate surface area is 172 Å². The van der Waals surface area contributed by atoms with Crippen LogP contribution in [-0.4, -0.2) is 73.7 Å². The maximum Gasteiger partial charge on any atom is 0.205 e. The van der Waals surface area contributed by atoms with Gasteiger partial charge in [-0.1, -0.05) is 6.92 Å². The van der Waals surface area contributed by atoms with Crippen LogP contribution in [0.4, 0.5) is 5.13 Å². The second kappa shape index (κ2) is 12.6. The Morgan fingerprint density at radius 1 is 1.24 bits per heavy atom. The van der Waals surface area contributed by atoms with Gasteiger partial charge in [-0.3, -0.25) is 4.99 Å². The number of piperazine rings is 1. The summed E-state index contributed by atoms with van der Waals surface area (Å²) in [5.74, 6) is 1.95. The van der Waals surface area contributed by atoms with Crippen molar-refractivity contribution in [3.63, 3.8) is 0 Å². The highest BCUT2D eigenvalue weighted by Crippen LogP contribution is 2.19. The third-order valence-corrected chi connectivity index (χ3v) is 4.96. The summed E-state index contributed by atoms with van der Waals surface area (Å²) in [7, 11) is 3.61. The molecule has 1 N–H and O–H groups in total. The second-order valence-electron chi connectivity index (χ2n) is 5.85. The van der Waals surface area contributed by atoms with E-state index in [-0.39, 0.29) is 24.0 Å². The number of unbranched alkanes of at least 4 members (excludes halogenated alkanes) is 2. The molecule has 1 fully saturated rings. The lowest BCUT2D eigenvalue weighted by Crippen LogP contribution is -2.52. The number of halogens is 1. The molecular formula is C16H31IN6OS. The van der Waals surface area contributed by atoms with E-state index in [1.165, 1.54) is 18.0 Å². The topological polar surface area (TPSA) is 65.9 Å². The number of nitrogens with one attached hydrogen (secondary N) is 1. The van der Waals surface area contributed by atoms with Gasteiger partial charge in [0.05, 0.1) is 0 Å². The van der Waals surface area contributed by atoms with Crippen LogP contribution in [0.15, 0.2) is 4.99 Å². The number of anilines is 1. The monoisotopic (exact) mass is 482 g/mol. The minimum atomic E-state index is 0. The molecule has 7 nitrogen and oxygen atoms in total. The van der Waals surface area contributed by atoms with Crippen LogP contribution in [0.1, 0.15) is 32.0 Å². The normalized spacial score (nSPS) is 15.2. The first kappa shape index (κ1) is 22.4. The Hall–Kier alpha value is -0.680. The molecule has 0 aliphatic carbocycles. The molecular weight excluding hydrogens is 451 g/mol. The van der Waals surface area contributed by atoms with Crippen LogP contribution >= 0.6 is 35.5 Å². The van der Waals surface area contributed by atoms with E-state index < -0.39 is 0 Å². The molecule has 0 spiro atoms. The predicted molar refractivity (Wildman–Crippen MR) is 116 cm³/mol. The summed E-state index contributed by atoms with van der Waals surface area (Å²) in [6.45, 7) is 7.76. The molecule has 0 saturated carbocycles. The van der Waals surface area contributed by atoms with Gasteiger partial charge in [-0.05, 0) is 19.3 Å². The summed E-state index contributed by atoms with van der Waals surface area (Å²) in [6.07, 6.45) is 4.35. The minimum absolute atomic E-state index is 0. The highest BCUT2D eigenvalue weighted by molar-refractivity contribution is 14.0. The van der Waals surface area contributed by atoms with Crippen molar-refractivity contribution in [3.05, 3.63) is 5.82 Å². The Morgan fingerprint density at radius 2 is 2.00 bits per heavy atom. The maximum atomic E-state index is 5.08. The van der Waals surface area contributed by atoms with Crippen molar-refractivity contribution in [2.45, 2.75) is 32.6 Å². The van der Waals surface area contributed by atoms with Crippen molar-refractivity contribution in [2.75, 3.05) is 58.4 Å². The Bertz CT molecular complexity index is 505. The zero-order chi connectivity index (χ0) is 17.2. The smallest absolute Gasteiger partial charge is 0.205 e. The fraction of sp³-hybridized carbons (Fsp3) is 0.812. The number of aliphatic imine (C=N–C) groups is 1. The molecule has 1 saturated heterocycles. The fourth-order valence-corrected chi connectivity index (χ4v) is 3.51. The van der Waals surface area contributed by atoms with Crippen LogP contribution in [0.5, 0.6) is 0 Å². The molecule has 1 aliphatic rings. The maximum absolute atomic E-state index is 5.08. The Balaban J connectivity index is 0.00000312. The van der Waals surface area contributed by atoms with Crippen LogP contribution in [0, 0.1) is 0 Å². The summed E-state index contributed by atoms with van der Waals surface area (Å²) in [4.78, 5) is 13.7. The number of hydrogen-bond donors (Lipinski definition) is 1. The number of aromatic nitrogens is 2. The number of hydrogen-bond acceptors (Lipinski definition) is 6. The molecule has 0 aromatic carbocycles. The molecule has 1 aliphatic heterocycles. The number of methoxy groups -OCH3 is 1. The minimum Gasteiger partial charge on any atom is -0.385 e. The number of guanidine groups is 1. The lowest BCUT2D eigenvalue weighted by atomic mass is 10.2. The molecule has 2 heterocycles. The van der Waals surface area contributed by atoms with Crippen molar-refractivity contribution >= 4 is 46.6 Å². The molecule has 0 radical (unpaired) electrons. The molecule has 0 unspecified atom stereocenters. The van der Waals surface area contributed by atoms with E-state index in [9.17, 15) is 0 Å². The summed E-state index contributed by atoms with van der Waals surface area (Å²) in [5, 5.41) is 4.52. The second-order valence-corrected chi connectivity index (χ2v) is 6.58. The van der Waals surface area contributed by atoms with E-state index in [4.69, 9.17) is 4.74 Å². The van der Waals surface area contributed by atoms with Gasteiger partial charge >= 0.3 is 0 Å². The van der Waals surface area contributed by atoms with Gasteiger partial charge in [0.1, 0.15) is 5.82 Å². The van der Waals surface area contributed by atoms with Crippen molar-refractivity contribution in [2.24, 2.45) is 4.99 Å². The third kappa shape index (κ3) is 7.22. The van der Waals surface area contributed by atoms with Gasteiger partial charge < -0.3 is 19.9 Å². The van der Waals surface area contributed by atoms with Crippen LogP contribution < -0.4 is 10.2 Å². The van der Waals surface area contributed by atoms with E-state index in [0.29, 0.717) is 0 Å². The highest BCUT2D eigenvalue weighted by Gasteiger charge is 2.21. The Kier molecular flexibility index (Phi) is 11.3. The van der Waals surface area contributed by atoms with Crippen LogP contribution in [0.3, 0.4) is 0 Å². The fourth-order valence-electron chi connectivity index (χ4n) is 2.71. The molecule has 0 atom stereocenters. The van der Waals surface area contributed by atoms with Crippen molar-refractivity contribution < 1.29 is 4.74 Å². The first-order valence-electron chi connectivity index (χ1n) is 8.80. The molecule has 0 bridgehead atoms. The van der Waals surface area contributed by atoms with E-state index in [1.54, 1.807) is 7.11 Å². The molecule has 1 aromatic heterocycles. The van der Waals surface area contributed by atoms with Gasteiger partial charge in [-0.15, -0.1) is 24.0 Å². The lowest BCUT2D eigenvalue weighted by Gasteiger charge is -2.36. The molecule has 144 valence electrons.